The van der Waals surface area contributed by atoms with Gasteiger partial charge in [-0.3, -0.25) is 14.4 Å². The smallest absolute Gasteiger partial charge is 0.407 e. The van der Waals surface area contributed by atoms with E-state index in [0.29, 0.717) is 36.6 Å². The molecule has 38 heavy (non-hydrogen) atoms. The van der Waals surface area contributed by atoms with Crippen molar-refractivity contribution in [2.24, 2.45) is 35.5 Å². The Balaban J connectivity index is 0.887. The minimum Gasteiger partial charge on any atom is -0.462 e. The molecule has 0 spiro atoms. The highest BCUT2D eigenvalue weighted by atomic mass is 16.6. The Morgan fingerprint density at radius 1 is 0.605 bits per heavy atom. The Hall–Kier alpha value is -2.84. The first-order valence-electron chi connectivity index (χ1n) is 14.3. The number of carbonyl (C=O) groups excluding carboxylic acids is 4. The molecule has 0 heterocycles. The number of esters is 3. The van der Waals surface area contributed by atoms with Gasteiger partial charge in [0.05, 0.1) is 11.8 Å². The topological polar surface area (TPSA) is 117 Å². The number of nitrogens with one attached hydrogen (secondary N) is 1. The third-order valence-corrected chi connectivity index (χ3v) is 8.14. The van der Waals surface area contributed by atoms with Crippen molar-refractivity contribution in [3.05, 3.63) is 24.3 Å². The van der Waals surface area contributed by atoms with Crippen molar-refractivity contribution >= 4 is 24.0 Å². The van der Waals surface area contributed by atoms with Crippen molar-refractivity contribution < 1.29 is 38.1 Å². The van der Waals surface area contributed by atoms with Crippen molar-refractivity contribution in [1.82, 2.24) is 5.32 Å². The Labute approximate surface area is 224 Å². The lowest BCUT2D eigenvalue weighted by Crippen LogP contribution is -2.28. The average molecular weight is 532 g/mol. The van der Waals surface area contributed by atoms with Crippen LogP contribution >= 0.6 is 0 Å². The molecule has 1 N–H and O–H groups in total. The van der Waals surface area contributed by atoms with E-state index in [0.717, 1.165) is 57.8 Å². The van der Waals surface area contributed by atoms with Gasteiger partial charge < -0.3 is 24.3 Å². The minimum atomic E-state index is -0.510. The molecule has 4 aliphatic carbocycles. The summed E-state index contributed by atoms with van der Waals surface area (Å²) in [6.45, 7) is 0.851. The van der Waals surface area contributed by atoms with E-state index in [4.69, 9.17) is 18.9 Å². The Morgan fingerprint density at radius 2 is 1.13 bits per heavy atom. The lowest BCUT2D eigenvalue weighted by atomic mass is 9.94. The zero-order valence-electron chi connectivity index (χ0n) is 22.1. The van der Waals surface area contributed by atoms with Crippen LogP contribution in [0.4, 0.5) is 4.79 Å². The van der Waals surface area contributed by atoms with Gasteiger partial charge in [-0.15, -0.1) is 0 Å². The molecule has 4 bridgehead atoms. The molecule has 0 aliphatic heterocycles. The summed E-state index contributed by atoms with van der Waals surface area (Å²) in [4.78, 5) is 47.8. The fraction of sp³-hybridized carbons (Fsp3) is 0.724. The van der Waals surface area contributed by atoms with Gasteiger partial charge in [0, 0.05) is 13.0 Å². The highest BCUT2D eigenvalue weighted by Gasteiger charge is 2.41. The summed E-state index contributed by atoms with van der Waals surface area (Å²) in [6.07, 6.45) is 16.6. The van der Waals surface area contributed by atoms with E-state index in [1.165, 1.54) is 0 Å². The van der Waals surface area contributed by atoms with Gasteiger partial charge >= 0.3 is 24.0 Å². The lowest BCUT2D eigenvalue weighted by molar-refractivity contribution is -0.155. The second-order valence-corrected chi connectivity index (χ2v) is 10.9. The number of amides is 1. The van der Waals surface area contributed by atoms with E-state index < -0.39 is 6.09 Å². The van der Waals surface area contributed by atoms with Gasteiger partial charge in [0.15, 0.2) is 0 Å². The number of hydrogen-bond donors (Lipinski definition) is 1. The molecule has 9 heteroatoms. The molecule has 4 rings (SSSR count). The van der Waals surface area contributed by atoms with Crippen molar-refractivity contribution in [1.29, 1.82) is 0 Å². The number of unbranched alkanes of at least 4 members (excludes halogenated alkanes) is 4. The second kappa shape index (κ2) is 14.4. The van der Waals surface area contributed by atoms with Crippen LogP contribution < -0.4 is 5.32 Å². The highest BCUT2D eigenvalue weighted by Crippen LogP contribution is 2.44. The largest absolute Gasteiger partial charge is 0.462 e. The van der Waals surface area contributed by atoms with E-state index in [2.05, 4.69) is 29.6 Å². The van der Waals surface area contributed by atoms with Crippen LogP contribution in [0.15, 0.2) is 24.3 Å². The van der Waals surface area contributed by atoms with Gasteiger partial charge in [-0.1, -0.05) is 43.6 Å². The summed E-state index contributed by atoms with van der Waals surface area (Å²) >= 11 is 0. The highest BCUT2D eigenvalue weighted by molar-refractivity contribution is 5.74. The predicted octanol–water partition coefficient (Wildman–Crippen LogP) is 4.11. The molecule has 1 amide bonds. The zero-order chi connectivity index (χ0) is 26.7. The monoisotopic (exact) mass is 531 g/mol. The third-order valence-electron chi connectivity index (χ3n) is 8.14. The predicted molar refractivity (Wildman–Crippen MR) is 138 cm³/mol. The summed E-state index contributed by atoms with van der Waals surface area (Å²) < 4.78 is 20.8. The van der Waals surface area contributed by atoms with Crippen molar-refractivity contribution in [2.45, 2.75) is 64.2 Å². The van der Waals surface area contributed by atoms with Crippen LogP contribution in [0.25, 0.3) is 0 Å². The summed E-state index contributed by atoms with van der Waals surface area (Å²) in [7, 11) is 0. The van der Waals surface area contributed by atoms with E-state index in [-0.39, 0.29) is 56.2 Å². The SMILES string of the molecule is O=C(CCCCCCCNC(=O)OCCOC(=O)C1CC2C=CC1C2)OCCOC(=O)C1CC2C=CC1C2. The molecule has 0 saturated heterocycles. The normalized spacial score (nSPS) is 27.9. The van der Waals surface area contributed by atoms with Gasteiger partial charge in [0.1, 0.15) is 26.4 Å². The number of allylic oxidation sites excluding steroid dienone is 4. The molecular weight excluding hydrogens is 490 g/mol. The number of hydrogen-bond acceptors (Lipinski definition) is 8. The molecule has 6 atom stereocenters. The molecule has 9 nitrogen and oxygen atoms in total. The molecule has 2 fully saturated rings. The Bertz CT molecular complexity index is 827. The number of alkyl carbamates (subject to hydrolysis) is 1. The van der Waals surface area contributed by atoms with Crippen molar-refractivity contribution in [3.63, 3.8) is 0 Å². The first kappa shape index (κ1) is 28.2. The second-order valence-electron chi connectivity index (χ2n) is 10.9. The molecule has 0 aromatic rings. The maximum absolute atomic E-state index is 12.1. The van der Waals surface area contributed by atoms with Gasteiger partial charge in [-0.05, 0) is 62.2 Å². The van der Waals surface area contributed by atoms with E-state index >= 15 is 0 Å². The fourth-order valence-corrected chi connectivity index (χ4v) is 6.13. The Kier molecular flexibility index (Phi) is 10.6. The van der Waals surface area contributed by atoms with Gasteiger partial charge in [0.25, 0.3) is 0 Å². The zero-order valence-corrected chi connectivity index (χ0v) is 22.1. The van der Waals surface area contributed by atoms with Crippen molar-refractivity contribution in [2.75, 3.05) is 33.0 Å². The van der Waals surface area contributed by atoms with Crippen LogP contribution in [0.1, 0.15) is 64.2 Å². The summed E-state index contributed by atoms with van der Waals surface area (Å²) in [6, 6.07) is 0. The molecule has 4 aliphatic rings. The van der Waals surface area contributed by atoms with E-state index in [9.17, 15) is 19.2 Å². The Morgan fingerprint density at radius 3 is 1.68 bits per heavy atom. The summed E-state index contributed by atoms with van der Waals surface area (Å²) in [5.41, 5.74) is 0. The number of ether oxygens (including phenoxy) is 4. The molecule has 6 unspecified atom stereocenters. The molecule has 0 radical (unpaired) electrons. The van der Waals surface area contributed by atoms with Gasteiger partial charge in [-0.25, -0.2) is 4.79 Å². The fourth-order valence-electron chi connectivity index (χ4n) is 6.13. The van der Waals surface area contributed by atoms with Gasteiger partial charge in [0.2, 0.25) is 0 Å². The molecule has 2 saturated carbocycles. The third kappa shape index (κ3) is 8.33. The number of fused-ring (bicyclic) bond motifs is 4. The maximum Gasteiger partial charge on any atom is 0.407 e. The summed E-state index contributed by atoms with van der Waals surface area (Å²) in [5.74, 6) is 0.939. The van der Waals surface area contributed by atoms with Crippen LogP contribution in [0.5, 0.6) is 0 Å². The van der Waals surface area contributed by atoms with Crippen LogP contribution in [0.3, 0.4) is 0 Å². The molecular formula is C29H41NO8. The van der Waals surface area contributed by atoms with Crippen molar-refractivity contribution in [3.8, 4) is 0 Å². The van der Waals surface area contributed by atoms with Gasteiger partial charge in [-0.2, -0.15) is 0 Å². The quantitative estimate of drug-likeness (QED) is 0.137. The van der Waals surface area contributed by atoms with Crippen LogP contribution in [0.2, 0.25) is 0 Å². The number of carbonyl (C=O) groups is 4. The molecule has 0 aromatic heterocycles. The lowest BCUT2D eigenvalue weighted by Gasteiger charge is -2.16. The summed E-state index contributed by atoms with van der Waals surface area (Å²) in [5, 5.41) is 2.70. The first-order chi connectivity index (χ1) is 18.5. The minimum absolute atomic E-state index is 0.0349. The van der Waals surface area contributed by atoms with Crippen LogP contribution in [-0.2, 0) is 33.3 Å². The first-order valence-corrected chi connectivity index (χ1v) is 14.3. The maximum atomic E-state index is 12.1. The average Bonchev–Trinajstić information content (AvgIpc) is 3.73. The van der Waals surface area contributed by atoms with Crippen LogP contribution in [0, 0.1) is 35.5 Å². The number of rotatable bonds is 16. The van der Waals surface area contributed by atoms with E-state index in [1.807, 2.05) is 0 Å². The standard InChI is InChI=1S/C29H41NO8/c31-26(35-12-13-36-27(32)24-18-20-7-9-22(24)16-20)6-4-2-1-3-5-11-30-29(34)38-15-14-37-28(33)25-19-21-8-10-23(25)17-21/h7-10,20-25H,1-6,11-19H2,(H,30,34). The molecule has 210 valence electrons. The van der Waals surface area contributed by atoms with Crippen LogP contribution in [-0.4, -0.2) is 57.0 Å². The molecule has 0 aromatic carbocycles. The van der Waals surface area contributed by atoms with E-state index in [1.54, 1.807) is 0 Å².